The fourth-order valence-corrected chi connectivity index (χ4v) is 0. The van der Waals surface area contributed by atoms with Gasteiger partial charge < -0.3 is 54.0 Å². The van der Waals surface area contributed by atoms with E-state index in [2.05, 4.69) is 27.7 Å². The molecule has 22 heavy (non-hydrogen) atoms. The van der Waals surface area contributed by atoms with Gasteiger partial charge in [0.2, 0.25) is 0 Å². The minimum atomic E-state index is -0.500. The van der Waals surface area contributed by atoms with Gasteiger partial charge in [-0.15, -0.1) is 0 Å². The van der Waals surface area contributed by atoms with Crippen LogP contribution in [0.3, 0.4) is 0 Å². The zero-order valence-corrected chi connectivity index (χ0v) is 21.9. The van der Waals surface area contributed by atoms with Crippen LogP contribution in [-0.4, -0.2) is 18.0 Å². The molecule has 134 valence electrons. The topological polar surface area (TPSA) is 118 Å². The van der Waals surface area contributed by atoms with Crippen molar-refractivity contribution < 1.29 is 76.9 Å². The Labute approximate surface area is 188 Å². The Kier molecular flexibility index (Phi) is 300. The molecule has 0 radical (unpaired) electrons. The zero-order valence-electron chi connectivity index (χ0n) is 13.5. The van der Waals surface area contributed by atoms with E-state index in [1.165, 1.54) is 0 Å². The Morgan fingerprint density at radius 3 is 1.09 bits per heavy atom. The van der Waals surface area contributed by atoms with Crippen LogP contribution in [0, 0.1) is 95.3 Å². The largest absolute Gasteiger partial charge is 2.00 e. The summed E-state index contributed by atoms with van der Waals surface area (Å²) in [5.41, 5.74) is 0.394. The van der Waals surface area contributed by atoms with Crippen molar-refractivity contribution in [3.8, 4) is 0 Å². The molecule has 0 aromatic rings. The molecule has 0 spiro atoms. The van der Waals surface area contributed by atoms with E-state index >= 15 is 0 Å². The molecule has 7 heteroatoms. The van der Waals surface area contributed by atoms with E-state index in [4.69, 9.17) is 15.3 Å². The SMILES string of the molecule is C.C.CC.CC.O=C[O-].[CH2-]CC([CH2-])=N.[CH2-]CC([CH2-])=O.[NH4+].[U+2].[U+2]. The molecule has 0 aliphatic rings. The first-order valence-corrected chi connectivity index (χ1v) is 5.34. The summed E-state index contributed by atoms with van der Waals surface area (Å²) >= 11 is 0. The number of rotatable bonds is 2. The van der Waals surface area contributed by atoms with Crippen molar-refractivity contribution in [2.75, 3.05) is 0 Å². The molecule has 0 bridgehead atoms. The maximum atomic E-state index is 9.64. The van der Waals surface area contributed by atoms with Crippen molar-refractivity contribution in [1.29, 1.82) is 5.41 Å². The molecule has 0 atom stereocenters. The number of carbonyl (C=O) groups excluding carboxylic acids is 2. The molecular formula is C15H38N2O3U2. The Hall–Kier alpha value is 0.614. The van der Waals surface area contributed by atoms with E-state index in [1.807, 2.05) is 27.7 Å². The molecule has 0 amide bonds. The van der Waals surface area contributed by atoms with Crippen LogP contribution in [0.5, 0.6) is 0 Å². The van der Waals surface area contributed by atoms with E-state index in [1.54, 1.807) is 0 Å². The van der Waals surface area contributed by atoms with Crippen molar-refractivity contribution in [1.82, 2.24) is 6.15 Å². The van der Waals surface area contributed by atoms with Gasteiger partial charge in [0.25, 0.3) is 0 Å². The third-order valence-electron chi connectivity index (χ3n) is 0.581. The molecule has 0 fully saturated rings. The Balaban J connectivity index is -0.0000000101. The molecule has 0 saturated carbocycles. The molecule has 0 rings (SSSR count). The molecule has 0 aliphatic carbocycles. The van der Waals surface area contributed by atoms with Crippen molar-refractivity contribution in [3.05, 3.63) is 27.7 Å². The van der Waals surface area contributed by atoms with Crippen LogP contribution in [0.4, 0.5) is 0 Å². The minimum absolute atomic E-state index is 0. The maximum Gasteiger partial charge on any atom is 2.00 e. The van der Waals surface area contributed by atoms with E-state index in [9.17, 15) is 4.79 Å². The van der Waals surface area contributed by atoms with E-state index in [0.29, 0.717) is 18.6 Å². The van der Waals surface area contributed by atoms with Crippen LogP contribution in [0.2, 0.25) is 0 Å². The van der Waals surface area contributed by atoms with E-state index < -0.39 is 6.47 Å². The number of carbonyl (C=O) groups is 2. The summed E-state index contributed by atoms with van der Waals surface area (Å²) in [7, 11) is 0. The fourth-order valence-electron chi connectivity index (χ4n) is 0. The molecule has 0 aromatic heterocycles. The predicted molar refractivity (Wildman–Crippen MR) is 91.6 cm³/mol. The number of nitrogens with one attached hydrogen (secondary N) is 1. The third-order valence-corrected chi connectivity index (χ3v) is 0.581. The average molecular weight is 771 g/mol. The van der Waals surface area contributed by atoms with Crippen molar-refractivity contribution >= 4 is 18.0 Å². The van der Waals surface area contributed by atoms with Gasteiger partial charge in [0.15, 0.2) is 0 Å². The number of Topliss-reactive ketones (excluding diaryl/α,β-unsaturated/α-hetero) is 1. The number of hydrogen-bond acceptors (Lipinski definition) is 4. The van der Waals surface area contributed by atoms with Crippen molar-refractivity contribution in [2.45, 2.75) is 55.4 Å². The van der Waals surface area contributed by atoms with E-state index in [0.717, 1.165) is 0 Å². The average Bonchev–Trinajstić information content (AvgIpc) is 2.35. The zero-order chi connectivity index (χ0) is 15.3. The normalized spacial score (nSPS) is 4.45. The first-order chi connectivity index (χ1) is 7.95. The second-order valence-corrected chi connectivity index (χ2v) is 1.74. The van der Waals surface area contributed by atoms with Crippen LogP contribution in [0.25, 0.3) is 0 Å². The maximum absolute atomic E-state index is 9.64. The molecule has 5 nitrogen and oxygen atoms in total. The fraction of sp³-hybridized carbons (Fsp3) is 0.533. The molecule has 5 N–H and O–H groups in total. The standard InChI is InChI=1S/C4H7N.C4H6O.2C2H6.CH2O2.2CH4.H3N.2U/c2*1-3-4(2)5;2*1-2;2-1-3;;;;;/h5H,1-3H2;1-3H2;2*1-2H3;1H,(H,2,3);2*1H4;1H3;;/q2*-2;;;;;;;2*+2. The van der Waals surface area contributed by atoms with Gasteiger partial charge in [-0.25, -0.2) is 0 Å². The predicted octanol–water partition coefficient (Wildman–Crippen LogP) is 3.75. The van der Waals surface area contributed by atoms with Gasteiger partial charge in [0.05, 0.1) is 0 Å². The summed E-state index contributed by atoms with van der Waals surface area (Å²) in [5, 5.41) is 14.8. The quantitative estimate of drug-likeness (QED) is 0.253. The second-order valence-electron chi connectivity index (χ2n) is 1.74. The summed E-state index contributed by atoms with van der Waals surface area (Å²) in [6.45, 7) is 20.5. The van der Waals surface area contributed by atoms with Crippen molar-refractivity contribution in [2.24, 2.45) is 0 Å². The van der Waals surface area contributed by atoms with Gasteiger partial charge in [-0.2, -0.15) is 18.6 Å². The van der Waals surface area contributed by atoms with Crippen LogP contribution < -0.4 is 11.3 Å². The third kappa shape index (κ3) is 373. The number of ketones is 1. The smallest absolute Gasteiger partial charge is 0.554 e. The van der Waals surface area contributed by atoms with Gasteiger partial charge in [-0.05, 0) is 5.78 Å². The molecule has 0 unspecified atom stereocenters. The van der Waals surface area contributed by atoms with Gasteiger partial charge in [0.1, 0.15) is 0 Å². The van der Waals surface area contributed by atoms with Crippen LogP contribution in [0.1, 0.15) is 55.4 Å². The monoisotopic (exact) mass is 770 g/mol. The first-order valence-electron chi connectivity index (χ1n) is 5.34. The molecule has 0 heterocycles. The number of hydrogen-bond donors (Lipinski definition) is 2. The molecule has 0 aromatic carbocycles. The summed E-state index contributed by atoms with van der Waals surface area (Å²) < 4.78 is 0. The number of carboxylic acid groups (broad SMARTS) is 1. The Morgan fingerprint density at radius 1 is 1.00 bits per heavy atom. The number of quaternary nitrogens is 1. The van der Waals surface area contributed by atoms with Crippen molar-refractivity contribution in [3.63, 3.8) is 0 Å². The summed E-state index contributed by atoms with van der Waals surface area (Å²) in [6.07, 6.45) is 0.833. The first kappa shape index (κ1) is 66.4. The van der Waals surface area contributed by atoms with Gasteiger partial charge in [-0.3, -0.25) is 0 Å². The summed E-state index contributed by atoms with van der Waals surface area (Å²) in [5.74, 6) is -0.106. The molecule has 0 saturated heterocycles. The van der Waals surface area contributed by atoms with Crippen LogP contribution in [0.15, 0.2) is 0 Å². The summed E-state index contributed by atoms with van der Waals surface area (Å²) in [6, 6.07) is 0. The minimum Gasteiger partial charge on any atom is -0.554 e. The van der Waals surface area contributed by atoms with Crippen LogP contribution >= 0.6 is 0 Å². The Morgan fingerprint density at radius 2 is 1.09 bits per heavy atom. The van der Waals surface area contributed by atoms with Gasteiger partial charge in [-0.1, -0.05) is 42.5 Å². The van der Waals surface area contributed by atoms with Gasteiger partial charge in [0, 0.05) is 6.47 Å². The van der Waals surface area contributed by atoms with Crippen LogP contribution in [-0.2, 0) is 9.59 Å². The second kappa shape index (κ2) is 99.4. The molecule has 0 aliphatic heterocycles. The molecular weight excluding hydrogens is 732 g/mol. The van der Waals surface area contributed by atoms with Gasteiger partial charge >= 0.3 is 62.2 Å². The summed E-state index contributed by atoms with van der Waals surface area (Å²) in [4.78, 5) is 17.9. The Bertz CT molecular complexity index is 146. The van der Waals surface area contributed by atoms with E-state index in [-0.39, 0.29) is 89.0 Å².